The van der Waals surface area contributed by atoms with E-state index in [0.29, 0.717) is 24.4 Å². The minimum Gasteiger partial charge on any atom is -0.481 e. The van der Waals surface area contributed by atoms with Gasteiger partial charge >= 0.3 is 5.97 Å². The third-order valence-corrected chi connectivity index (χ3v) is 6.03. The zero-order valence-corrected chi connectivity index (χ0v) is 16.0. The smallest absolute Gasteiger partial charge is 0.303 e. The van der Waals surface area contributed by atoms with Gasteiger partial charge in [-0.3, -0.25) is 4.79 Å². The van der Waals surface area contributed by atoms with Crippen LogP contribution in [0, 0.1) is 17.8 Å². The van der Waals surface area contributed by atoms with Crippen LogP contribution in [0.5, 0.6) is 0 Å². The first-order valence-electron chi connectivity index (χ1n) is 10.5. The lowest BCUT2D eigenvalue weighted by atomic mass is 9.90. The fourth-order valence-corrected chi connectivity index (χ4v) is 4.66. The Balaban J connectivity index is 1.70. The summed E-state index contributed by atoms with van der Waals surface area (Å²) in [5.41, 5.74) is 1.47. The van der Waals surface area contributed by atoms with E-state index in [1.807, 2.05) is 0 Å². The molecule has 0 unspecified atom stereocenters. The number of carbonyl (C=O) groups is 1. The minimum absolute atomic E-state index is 0.195. The van der Waals surface area contributed by atoms with Crippen molar-refractivity contribution in [3.05, 3.63) is 23.8 Å². The molecule has 0 aromatic carbocycles. The van der Waals surface area contributed by atoms with Crippen LogP contribution in [0.3, 0.4) is 0 Å². The molecule has 0 spiro atoms. The van der Waals surface area contributed by atoms with Gasteiger partial charge in [0.1, 0.15) is 0 Å². The van der Waals surface area contributed by atoms with Gasteiger partial charge in [-0.05, 0) is 63.2 Å². The number of aliphatic hydroxyl groups excluding tert-OH is 2. The van der Waals surface area contributed by atoms with Gasteiger partial charge in [0, 0.05) is 18.9 Å². The first-order chi connectivity index (χ1) is 12.6. The average molecular weight is 365 g/mol. The summed E-state index contributed by atoms with van der Waals surface area (Å²) in [6.07, 6.45) is 18.2. The van der Waals surface area contributed by atoms with Crippen LogP contribution in [0.1, 0.15) is 77.0 Å². The van der Waals surface area contributed by atoms with E-state index in [1.54, 1.807) is 0 Å². The number of fused-ring (bicyclic) bond motifs is 1. The Kier molecular flexibility index (Phi) is 9.41. The number of rotatable bonds is 12. The van der Waals surface area contributed by atoms with Crippen LogP contribution in [0.2, 0.25) is 0 Å². The van der Waals surface area contributed by atoms with Crippen LogP contribution >= 0.6 is 0 Å². The summed E-state index contributed by atoms with van der Waals surface area (Å²) in [5.74, 6) is 0.744. The molecule has 2 saturated carbocycles. The molecule has 0 heterocycles. The predicted molar refractivity (Wildman–Crippen MR) is 104 cm³/mol. The molecule has 4 heteroatoms. The summed E-state index contributed by atoms with van der Waals surface area (Å²) >= 11 is 0. The van der Waals surface area contributed by atoms with Crippen LogP contribution in [0.4, 0.5) is 0 Å². The van der Waals surface area contributed by atoms with Gasteiger partial charge in [-0.2, -0.15) is 0 Å². The van der Waals surface area contributed by atoms with E-state index < -0.39 is 5.97 Å². The Bertz CT molecular complexity index is 483. The van der Waals surface area contributed by atoms with Gasteiger partial charge in [0.15, 0.2) is 0 Å². The molecule has 0 radical (unpaired) electrons. The van der Waals surface area contributed by atoms with E-state index in [0.717, 1.165) is 51.4 Å². The minimum atomic E-state index is -0.714. The van der Waals surface area contributed by atoms with Crippen molar-refractivity contribution in [3.63, 3.8) is 0 Å². The molecule has 2 rings (SSSR count). The maximum atomic E-state index is 10.6. The number of carboxylic acids is 1. The third-order valence-electron chi connectivity index (χ3n) is 6.03. The molecule has 0 amide bonds. The molecule has 0 aromatic heterocycles. The third kappa shape index (κ3) is 6.88. The first-order valence-corrected chi connectivity index (χ1v) is 10.5. The zero-order chi connectivity index (χ0) is 18.8. The number of carboxylic acid groups (broad SMARTS) is 1. The first kappa shape index (κ1) is 21.2. The largest absolute Gasteiger partial charge is 0.481 e. The molecule has 0 saturated heterocycles. The molecule has 3 N–H and O–H groups in total. The van der Waals surface area contributed by atoms with E-state index in [1.165, 1.54) is 24.8 Å². The van der Waals surface area contributed by atoms with Gasteiger partial charge in [-0.15, -0.1) is 0 Å². The number of aliphatic hydroxyl groups is 2. The molecule has 2 aliphatic carbocycles. The van der Waals surface area contributed by atoms with Crippen molar-refractivity contribution in [2.24, 2.45) is 17.8 Å². The molecule has 148 valence electrons. The number of unbranched alkanes of at least 4 members (excludes halogenated alkanes) is 6. The molecule has 0 aromatic rings. The Morgan fingerprint density at radius 2 is 1.81 bits per heavy atom. The highest BCUT2D eigenvalue weighted by Gasteiger charge is 2.44. The standard InChI is InChI=1S/C22H36O4/c23-13-9-5-3-1-2-4-6-11-19-20-15-17(10-7-8-12-22(25)26)14-18(20)16-21(19)24/h6,10-11,18-21,23-24H,1-5,7-9,12-16H2,(H,25,26)/t18-,19+,20-,21+/m0/s1. The highest BCUT2D eigenvalue weighted by molar-refractivity contribution is 5.66. The zero-order valence-electron chi connectivity index (χ0n) is 16.0. The van der Waals surface area contributed by atoms with Crippen LogP contribution in [0.25, 0.3) is 0 Å². The second-order valence-corrected chi connectivity index (χ2v) is 8.07. The molecule has 2 fully saturated rings. The molecule has 2 aliphatic rings. The second-order valence-electron chi connectivity index (χ2n) is 8.07. The summed E-state index contributed by atoms with van der Waals surface area (Å²) in [4.78, 5) is 10.6. The summed E-state index contributed by atoms with van der Waals surface area (Å²) in [6, 6.07) is 0. The molecule has 4 nitrogen and oxygen atoms in total. The number of aliphatic carboxylic acids is 1. The molecule has 4 atom stereocenters. The van der Waals surface area contributed by atoms with Crippen LogP contribution in [-0.4, -0.2) is 34.0 Å². The van der Waals surface area contributed by atoms with E-state index in [2.05, 4.69) is 18.2 Å². The van der Waals surface area contributed by atoms with E-state index in [4.69, 9.17) is 10.2 Å². The lowest BCUT2D eigenvalue weighted by Gasteiger charge is -2.17. The molecule has 0 aliphatic heterocycles. The van der Waals surface area contributed by atoms with E-state index in [-0.39, 0.29) is 12.5 Å². The Labute approximate surface area is 158 Å². The van der Waals surface area contributed by atoms with Crippen molar-refractivity contribution in [2.75, 3.05) is 6.61 Å². The number of hydrogen-bond donors (Lipinski definition) is 3. The maximum Gasteiger partial charge on any atom is 0.303 e. The predicted octanol–water partition coefficient (Wildman–Crippen LogP) is 4.46. The van der Waals surface area contributed by atoms with Crippen molar-refractivity contribution < 1.29 is 20.1 Å². The Hall–Kier alpha value is -1.13. The van der Waals surface area contributed by atoms with Gasteiger partial charge in [0.25, 0.3) is 0 Å². The van der Waals surface area contributed by atoms with Crippen molar-refractivity contribution in [3.8, 4) is 0 Å². The van der Waals surface area contributed by atoms with Gasteiger partial charge in [-0.1, -0.05) is 43.1 Å². The van der Waals surface area contributed by atoms with Crippen molar-refractivity contribution in [1.29, 1.82) is 0 Å². The molecule has 0 bridgehead atoms. The van der Waals surface area contributed by atoms with Gasteiger partial charge in [0.05, 0.1) is 6.10 Å². The number of hydrogen-bond acceptors (Lipinski definition) is 3. The summed E-state index contributed by atoms with van der Waals surface area (Å²) < 4.78 is 0. The molecule has 26 heavy (non-hydrogen) atoms. The summed E-state index contributed by atoms with van der Waals surface area (Å²) in [7, 11) is 0. The van der Waals surface area contributed by atoms with Crippen molar-refractivity contribution in [1.82, 2.24) is 0 Å². The second kappa shape index (κ2) is 11.6. The van der Waals surface area contributed by atoms with Crippen molar-refractivity contribution >= 4 is 5.97 Å². The molecular formula is C22H36O4. The van der Waals surface area contributed by atoms with E-state index in [9.17, 15) is 9.90 Å². The highest BCUT2D eigenvalue weighted by atomic mass is 16.4. The quantitative estimate of drug-likeness (QED) is 0.353. The van der Waals surface area contributed by atoms with Gasteiger partial charge < -0.3 is 15.3 Å². The van der Waals surface area contributed by atoms with Crippen molar-refractivity contribution in [2.45, 2.75) is 83.2 Å². The lowest BCUT2D eigenvalue weighted by molar-refractivity contribution is -0.137. The maximum absolute atomic E-state index is 10.6. The Morgan fingerprint density at radius 1 is 1.04 bits per heavy atom. The average Bonchev–Trinajstić information content (AvgIpc) is 3.11. The lowest BCUT2D eigenvalue weighted by Crippen LogP contribution is -2.16. The topological polar surface area (TPSA) is 77.8 Å². The van der Waals surface area contributed by atoms with Gasteiger partial charge in [-0.25, -0.2) is 0 Å². The SMILES string of the molecule is O=C(O)CCCC=C1C[C@H]2C[C@@H](O)[C@H](C=CCCCCCCCO)[C@H]2C1. The van der Waals surface area contributed by atoms with E-state index >= 15 is 0 Å². The summed E-state index contributed by atoms with van der Waals surface area (Å²) in [6.45, 7) is 0.304. The normalized spacial score (nSPS) is 29.7. The van der Waals surface area contributed by atoms with Crippen LogP contribution in [-0.2, 0) is 4.79 Å². The Morgan fingerprint density at radius 3 is 2.58 bits per heavy atom. The summed E-state index contributed by atoms with van der Waals surface area (Å²) in [5, 5.41) is 27.9. The monoisotopic (exact) mass is 364 g/mol. The van der Waals surface area contributed by atoms with Crippen LogP contribution < -0.4 is 0 Å². The molecular weight excluding hydrogens is 328 g/mol. The number of allylic oxidation sites excluding steroid dienone is 3. The van der Waals surface area contributed by atoms with Crippen LogP contribution in [0.15, 0.2) is 23.8 Å². The fraction of sp³-hybridized carbons (Fsp3) is 0.773. The van der Waals surface area contributed by atoms with Gasteiger partial charge in [0.2, 0.25) is 0 Å². The fourth-order valence-electron chi connectivity index (χ4n) is 4.66. The highest BCUT2D eigenvalue weighted by Crippen LogP contribution is 2.50.